The monoisotopic (exact) mass is 679 g/mol. The fourth-order valence-corrected chi connectivity index (χ4v) is 8.44. The van der Waals surface area contributed by atoms with Crippen LogP contribution in [0.5, 0.6) is 0 Å². The van der Waals surface area contributed by atoms with E-state index in [2.05, 4.69) is 25.4 Å². The lowest BCUT2D eigenvalue weighted by Crippen LogP contribution is -2.60. The van der Waals surface area contributed by atoms with E-state index in [1.165, 1.54) is 6.33 Å². The van der Waals surface area contributed by atoms with Crippen LogP contribution in [0.4, 0.5) is 10.2 Å². The topological polar surface area (TPSA) is 277 Å². The van der Waals surface area contributed by atoms with E-state index in [1.54, 1.807) is 5.38 Å². The number of hydrogen-bond acceptors (Lipinski definition) is 17. The van der Waals surface area contributed by atoms with Gasteiger partial charge >= 0.3 is 14.5 Å². The summed E-state index contributed by atoms with van der Waals surface area (Å²) < 4.78 is 51.8. The van der Waals surface area contributed by atoms with Crippen LogP contribution in [0.1, 0.15) is 11.7 Å². The second-order valence-electron chi connectivity index (χ2n) is 9.28. The first-order valence-electron chi connectivity index (χ1n) is 11.9. The van der Waals surface area contributed by atoms with Gasteiger partial charge < -0.3 is 60.2 Å². The van der Waals surface area contributed by atoms with Crippen molar-refractivity contribution < 1.29 is 72.2 Å². The SMILES string of the molecule is C=C[C@@]1(O)[C@H](O)[C@@H](COP(O)(=S)OP(=O)(O)OC2OC([C@@H](F)CO)C(O)C(O)C2O)O[C@H]1c1csc2c(N)ncnc12. The van der Waals surface area contributed by atoms with Gasteiger partial charge in [0.15, 0.2) is 12.5 Å². The maximum absolute atomic E-state index is 13.9. The summed E-state index contributed by atoms with van der Waals surface area (Å²) in [7, 11) is -5.51. The molecule has 7 unspecified atom stereocenters. The molecular formula is C20H28FN3O14P2S2. The first kappa shape index (κ1) is 33.8. The summed E-state index contributed by atoms with van der Waals surface area (Å²) in [6.07, 6.45) is -15.1. The second kappa shape index (κ2) is 12.7. The number of aliphatic hydroxyl groups is 6. The molecule has 0 radical (unpaired) electrons. The molecule has 0 amide bonds. The molecule has 12 atom stereocenters. The Kier molecular flexibility index (Phi) is 10.2. The van der Waals surface area contributed by atoms with Crippen LogP contribution < -0.4 is 5.73 Å². The second-order valence-corrected chi connectivity index (χ2v) is 14.5. The maximum atomic E-state index is 13.9. The van der Waals surface area contributed by atoms with Crippen LogP contribution in [0, 0.1) is 0 Å². The number of thiophene rings is 1. The molecule has 2 aromatic heterocycles. The first-order valence-corrected chi connectivity index (χ1v) is 16.8. The normalized spacial score (nSPS) is 37.3. The number of aromatic nitrogens is 2. The van der Waals surface area contributed by atoms with Gasteiger partial charge in [0.25, 0.3) is 0 Å². The van der Waals surface area contributed by atoms with Gasteiger partial charge in [-0.2, -0.15) is 0 Å². The molecule has 10 N–H and O–H groups in total. The Bertz CT molecular complexity index is 1390. The van der Waals surface area contributed by atoms with Crippen LogP contribution in [0.25, 0.3) is 10.2 Å². The Labute approximate surface area is 245 Å². The summed E-state index contributed by atoms with van der Waals surface area (Å²) >= 11 is 5.89. The third-order valence-corrected chi connectivity index (χ3v) is 11.1. The number of nitrogens with zero attached hydrogens (tertiary/aromatic N) is 2. The van der Waals surface area contributed by atoms with Crippen molar-refractivity contribution in [3.8, 4) is 0 Å². The van der Waals surface area contributed by atoms with Crippen molar-refractivity contribution in [2.75, 3.05) is 18.9 Å². The summed E-state index contributed by atoms with van der Waals surface area (Å²) in [6, 6.07) is 0. The van der Waals surface area contributed by atoms with Crippen LogP contribution in [0.3, 0.4) is 0 Å². The number of aliphatic hydroxyl groups excluding tert-OH is 5. The number of hydrogen-bond donors (Lipinski definition) is 9. The fourth-order valence-electron chi connectivity index (χ4n) is 4.40. The van der Waals surface area contributed by atoms with Gasteiger partial charge in [-0.3, -0.25) is 4.52 Å². The number of nitrogen functional groups attached to an aromatic ring is 1. The standard InChI is InChI=1S/C20H28FN3O14P2S2/c1-2-20(30)16(29)9(35-17(20)7-5-42-15-10(7)23-6-24-18(15)22)4-34-40(33,41)38-39(31,32)37-19-13(28)11(26)12(27)14(36-19)8(21)3-25/h2,5-6,8-9,11-14,16-17,19,25-30H,1,3-4H2,(H,31,32)(H,33,41)(H2,22,23,24)/t8-,9+,11?,12?,13?,14?,16+,17-,19?,20+,40?/m0/s1. The van der Waals surface area contributed by atoms with E-state index in [9.17, 15) is 44.3 Å². The fraction of sp³-hybridized carbons (Fsp3) is 0.600. The van der Waals surface area contributed by atoms with Gasteiger partial charge in [0.2, 0.25) is 0 Å². The summed E-state index contributed by atoms with van der Waals surface area (Å²) in [4.78, 5) is 28.6. The number of phosphoric acid groups is 1. The van der Waals surface area contributed by atoms with E-state index in [-0.39, 0.29) is 5.82 Å². The number of nitrogens with two attached hydrogens (primary N) is 1. The van der Waals surface area contributed by atoms with E-state index < -0.39 is 88.5 Å². The van der Waals surface area contributed by atoms with Crippen LogP contribution in [-0.4, -0.2) is 118 Å². The summed E-state index contributed by atoms with van der Waals surface area (Å²) in [6.45, 7) is -3.14. The number of rotatable bonds is 11. The predicted molar refractivity (Wildman–Crippen MR) is 144 cm³/mol. The molecule has 0 bridgehead atoms. The summed E-state index contributed by atoms with van der Waals surface area (Å²) in [5, 5.41) is 62.4. The molecule has 4 heterocycles. The van der Waals surface area contributed by atoms with Crippen molar-refractivity contribution in [3.63, 3.8) is 0 Å². The average Bonchev–Trinajstić information content (AvgIpc) is 3.46. The molecule has 2 aliphatic heterocycles. The van der Waals surface area contributed by atoms with Crippen LogP contribution in [0.15, 0.2) is 24.4 Å². The molecular weight excluding hydrogens is 651 g/mol. The number of alkyl halides is 1. The zero-order valence-electron chi connectivity index (χ0n) is 21.1. The zero-order chi connectivity index (χ0) is 31.2. The minimum Gasteiger partial charge on any atom is -0.393 e. The molecule has 0 saturated carbocycles. The number of anilines is 1. The molecule has 2 aromatic rings. The van der Waals surface area contributed by atoms with Gasteiger partial charge in [-0.1, -0.05) is 6.08 Å². The van der Waals surface area contributed by atoms with Crippen molar-refractivity contribution in [2.24, 2.45) is 0 Å². The molecule has 17 nitrogen and oxygen atoms in total. The Morgan fingerprint density at radius 3 is 2.57 bits per heavy atom. The van der Waals surface area contributed by atoms with Crippen LogP contribution >= 0.6 is 25.9 Å². The minimum absolute atomic E-state index is 0.177. The molecule has 0 aromatic carbocycles. The maximum Gasteiger partial charge on any atom is 0.481 e. The molecule has 4 rings (SSSR count). The van der Waals surface area contributed by atoms with Gasteiger partial charge in [-0.05, 0) is 17.2 Å². The van der Waals surface area contributed by atoms with E-state index in [0.29, 0.717) is 15.8 Å². The summed E-state index contributed by atoms with van der Waals surface area (Å²) in [5.41, 5.74) is 4.43. The molecule has 22 heteroatoms. The Morgan fingerprint density at radius 2 is 1.93 bits per heavy atom. The molecule has 236 valence electrons. The summed E-state index contributed by atoms with van der Waals surface area (Å²) in [5.74, 6) is 0.177. The largest absolute Gasteiger partial charge is 0.481 e. The van der Waals surface area contributed by atoms with E-state index in [1.807, 2.05) is 0 Å². The molecule has 2 aliphatic rings. The first-order chi connectivity index (χ1) is 19.5. The average molecular weight is 680 g/mol. The zero-order valence-corrected chi connectivity index (χ0v) is 24.6. The Hall–Kier alpha value is -1.13. The van der Waals surface area contributed by atoms with Gasteiger partial charge in [0.1, 0.15) is 60.5 Å². The highest BCUT2D eigenvalue weighted by Gasteiger charge is 2.55. The van der Waals surface area contributed by atoms with Crippen molar-refractivity contribution >= 4 is 53.7 Å². The van der Waals surface area contributed by atoms with Crippen molar-refractivity contribution in [1.82, 2.24) is 9.97 Å². The lowest BCUT2D eigenvalue weighted by molar-refractivity contribution is -0.287. The Balaban J connectivity index is 1.44. The van der Waals surface area contributed by atoms with E-state index in [4.69, 9.17) is 36.6 Å². The van der Waals surface area contributed by atoms with Crippen molar-refractivity contribution in [3.05, 3.63) is 29.9 Å². The smallest absolute Gasteiger partial charge is 0.393 e. The van der Waals surface area contributed by atoms with Crippen molar-refractivity contribution in [1.29, 1.82) is 0 Å². The van der Waals surface area contributed by atoms with E-state index in [0.717, 1.165) is 17.4 Å². The van der Waals surface area contributed by atoms with Gasteiger partial charge in [0, 0.05) is 5.56 Å². The third-order valence-electron chi connectivity index (χ3n) is 6.56. The van der Waals surface area contributed by atoms with Crippen molar-refractivity contribution in [2.45, 2.75) is 60.8 Å². The Morgan fingerprint density at radius 1 is 1.24 bits per heavy atom. The molecule has 0 aliphatic carbocycles. The number of fused-ring (bicyclic) bond motifs is 1. The lowest BCUT2D eigenvalue weighted by Gasteiger charge is -2.41. The number of halogens is 1. The minimum atomic E-state index is -5.51. The quantitative estimate of drug-likeness (QED) is 0.0965. The number of phosphoric ester groups is 1. The molecule has 2 saturated heterocycles. The predicted octanol–water partition coefficient (Wildman–Crippen LogP) is -1.50. The highest BCUT2D eigenvalue weighted by molar-refractivity contribution is 8.08. The molecule has 0 spiro atoms. The lowest BCUT2D eigenvalue weighted by atomic mass is 9.87. The molecule has 2 fully saturated rings. The van der Waals surface area contributed by atoms with Gasteiger partial charge in [-0.15, -0.1) is 17.9 Å². The van der Waals surface area contributed by atoms with Crippen LogP contribution in [0.2, 0.25) is 0 Å². The highest BCUT2D eigenvalue weighted by Crippen LogP contribution is 2.62. The van der Waals surface area contributed by atoms with Gasteiger partial charge in [0.05, 0.1) is 23.4 Å². The van der Waals surface area contributed by atoms with Crippen LogP contribution in [-0.2, 0) is 39.2 Å². The highest BCUT2D eigenvalue weighted by atomic mass is 32.5. The van der Waals surface area contributed by atoms with E-state index >= 15 is 0 Å². The third kappa shape index (κ3) is 6.60. The number of ether oxygens (including phenoxy) is 2. The van der Waals surface area contributed by atoms with Gasteiger partial charge in [-0.25, -0.2) is 23.2 Å². The molecule has 42 heavy (non-hydrogen) atoms.